The topological polar surface area (TPSA) is 89.2 Å². The Labute approximate surface area is 117 Å². The Hall–Kier alpha value is -1.02. The number of thioether (sulfide) groups is 1. The summed E-state index contributed by atoms with van der Waals surface area (Å²) in [6.45, 7) is 4.23. The summed E-state index contributed by atoms with van der Waals surface area (Å²) in [6.07, 6.45) is 1.27. The summed E-state index contributed by atoms with van der Waals surface area (Å²) in [5.74, 6) is 3.05. The number of aryl methyl sites for hydroxylation is 1. The van der Waals surface area contributed by atoms with Gasteiger partial charge in [-0.05, 0) is 13.8 Å². The van der Waals surface area contributed by atoms with Gasteiger partial charge in [-0.15, -0.1) is 0 Å². The molecule has 0 spiro atoms. The van der Waals surface area contributed by atoms with Crippen LogP contribution in [-0.2, 0) is 9.84 Å². The molecular formula is C11H18N4O2S2. The van der Waals surface area contributed by atoms with Crippen LogP contribution in [0.4, 0.5) is 11.6 Å². The minimum absolute atomic E-state index is 0.410. The summed E-state index contributed by atoms with van der Waals surface area (Å²) in [5, 5.41) is -0.543. The van der Waals surface area contributed by atoms with E-state index in [1.165, 1.54) is 6.26 Å². The van der Waals surface area contributed by atoms with Crippen molar-refractivity contribution >= 4 is 33.2 Å². The molecule has 0 saturated carbocycles. The van der Waals surface area contributed by atoms with Gasteiger partial charge in [-0.1, -0.05) is 0 Å². The molecule has 1 aromatic heterocycles. The maximum absolute atomic E-state index is 11.9. The number of nitrogen functional groups attached to an aromatic ring is 1. The minimum atomic E-state index is -3.16. The largest absolute Gasteiger partial charge is 0.383 e. The van der Waals surface area contributed by atoms with Gasteiger partial charge in [0.25, 0.3) is 0 Å². The summed E-state index contributed by atoms with van der Waals surface area (Å²) in [4.78, 5) is 10.3. The zero-order chi connectivity index (χ0) is 14.2. The lowest BCUT2D eigenvalue weighted by atomic mass is 10.2. The van der Waals surface area contributed by atoms with Crippen molar-refractivity contribution in [1.29, 1.82) is 0 Å². The summed E-state index contributed by atoms with van der Waals surface area (Å²) in [7, 11) is -3.16. The summed E-state index contributed by atoms with van der Waals surface area (Å²) >= 11 is 1.65. The fourth-order valence-electron chi connectivity index (χ4n) is 2.09. The molecule has 1 saturated heterocycles. The molecule has 0 bridgehead atoms. The standard InChI is InChI=1S/C11H18N4O2S2/c1-7-10(12)13-8(2)14-11(7)15-4-5-18-6-9(15)19(3,16)17/h9H,4-6H2,1-3H3,(H2,12,13,14). The Morgan fingerprint density at radius 3 is 2.68 bits per heavy atom. The maximum Gasteiger partial charge on any atom is 0.169 e. The van der Waals surface area contributed by atoms with Crippen molar-refractivity contribution in [2.75, 3.05) is 34.9 Å². The summed E-state index contributed by atoms with van der Waals surface area (Å²) in [6, 6.07) is 0. The van der Waals surface area contributed by atoms with Gasteiger partial charge in [0.2, 0.25) is 0 Å². The molecule has 1 aliphatic rings. The van der Waals surface area contributed by atoms with E-state index in [9.17, 15) is 8.42 Å². The quantitative estimate of drug-likeness (QED) is 0.855. The van der Waals surface area contributed by atoms with Gasteiger partial charge in [-0.2, -0.15) is 11.8 Å². The van der Waals surface area contributed by atoms with Gasteiger partial charge in [-0.3, -0.25) is 0 Å². The number of aromatic nitrogens is 2. The second kappa shape index (κ2) is 5.16. The van der Waals surface area contributed by atoms with E-state index in [4.69, 9.17) is 5.73 Å². The first-order valence-electron chi connectivity index (χ1n) is 5.94. The number of nitrogens with two attached hydrogens (primary N) is 1. The number of rotatable bonds is 2. The van der Waals surface area contributed by atoms with Crippen LogP contribution in [0.2, 0.25) is 0 Å². The first-order chi connectivity index (χ1) is 8.80. The van der Waals surface area contributed by atoms with Gasteiger partial charge >= 0.3 is 0 Å². The van der Waals surface area contributed by atoms with E-state index >= 15 is 0 Å². The van der Waals surface area contributed by atoms with E-state index in [-0.39, 0.29) is 0 Å². The average molecular weight is 302 g/mol. The molecule has 1 aromatic rings. The summed E-state index contributed by atoms with van der Waals surface area (Å²) in [5.41, 5.74) is 6.59. The van der Waals surface area contributed by atoms with Gasteiger partial charge in [0.1, 0.15) is 22.8 Å². The van der Waals surface area contributed by atoms with Crippen molar-refractivity contribution in [3.8, 4) is 0 Å². The first-order valence-corrected chi connectivity index (χ1v) is 9.05. The van der Waals surface area contributed by atoms with Gasteiger partial charge in [0.15, 0.2) is 9.84 Å². The second-order valence-electron chi connectivity index (χ2n) is 4.66. The molecule has 106 valence electrons. The zero-order valence-electron chi connectivity index (χ0n) is 11.3. The van der Waals surface area contributed by atoms with Crippen molar-refractivity contribution in [3.63, 3.8) is 0 Å². The van der Waals surface area contributed by atoms with Crippen LogP contribution in [-0.4, -0.2) is 48.1 Å². The van der Waals surface area contributed by atoms with E-state index < -0.39 is 15.2 Å². The number of hydrogen-bond acceptors (Lipinski definition) is 7. The van der Waals surface area contributed by atoms with Crippen molar-refractivity contribution < 1.29 is 8.42 Å². The minimum Gasteiger partial charge on any atom is -0.383 e. The zero-order valence-corrected chi connectivity index (χ0v) is 12.9. The molecule has 2 heterocycles. The Bertz CT molecular complexity index is 589. The van der Waals surface area contributed by atoms with Crippen LogP contribution < -0.4 is 10.6 Å². The normalized spacial score (nSPS) is 20.6. The van der Waals surface area contributed by atoms with Crippen LogP contribution in [0.1, 0.15) is 11.4 Å². The van der Waals surface area contributed by atoms with Crippen molar-refractivity contribution in [2.24, 2.45) is 0 Å². The van der Waals surface area contributed by atoms with E-state index in [0.29, 0.717) is 29.8 Å². The smallest absolute Gasteiger partial charge is 0.169 e. The van der Waals surface area contributed by atoms with Crippen LogP contribution in [0.15, 0.2) is 0 Å². The van der Waals surface area contributed by atoms with Crippen LogP contribution in [0, 0.1) is 13.8 Å². The van der Waals surface area contributed by atoms with Crippen LogP contribution in [0.3, 0.4) is 0 Å². The predicted molar refractivity (Wildman–Crippen MR) is 79.2 cm³/mol. The number of hydrogen-bond donors (Lipinski definition) is 1. The Balaban J connectivity index is 2.49. The van der Waals surface area contributed by atoms with Crippen LogP contribution in [0.25, 0.3) is 0 Å². The van der Waals surface area contributed by atoms with Crippen LogP contribution >= 0.6 is 11.8 Å². The fraction of sp³-hybridized carbons (Fsp3) is 0.636. The molecule has 1 unspecified atom stereocenters. The number of anilines is 2. The molecule has 8 heteroatoms. The van der Waals surface area contributed by atoms with E-state index in [0.717, 1.165) is 11.3 Å². The SMILES string of the molecule is Cc1nc(N)c(C)c(N2CCSCC2S(C)(=O)=O)n1. The van der Waals surface area contributed by atoms with E-state index in [1.54, 1.807) is 18.7 Å². The average Bonchev–Trinajstić information content (AvgIpc) is 2.33. The van der Waals surface area contributed by atoms with Crippen molar-refractivity contribution in [3.05, 3.63) is 11.4 Å². The van der Waals surface area contributed by atoms with Crippen molar-refractivity contribution in [2.45, 2.75) is 19.2 Å². The molecule has 0 radical (unpaired) electrons. The van der Waals surface area contributed by atoms with Gasteiger partial charge < -0.3 is 10.6 Å². The number of sulfone groups is 1. The molecule has 0 aromatic carbocycles. The van der Waals surface area contributed by atoms with Crippen molar-refractivity contribution in [1.82, 2.24) is 9.97 Å². The fourth-order valence-corrected chi connectivity index (χ4v) is 4.91. The predicted octanol–water partition coefficient (Wildman–Crippen LogP) is 0.600. The Morgan fingerprint density at radius 1 is 1.37 bits per heavy atom. The highest BCUT2D eigenvalue weighted by Crippen LogP contribution is 2.29. The lowest BCUT2D eigenvalue weighted by Gasteiger charge is -2.35. The lowest BCUT2D eigenvalue weighted by Crippen LogP contribution is -2.47. The molecule has 6 nitrogen and oxygen atoms in total. The third-order valence-electron chi connectivity index (χ3n) is 3.12. The Morgan fingerprint density at radius 2 is 2.05 bits per heavy atom. The highest BCUT2D eigenvalue weighted by atomic mass is 32.2. The molecule has 0 amide bonds. The maximum atomic E-state index is 11.9. The Kier molecular flexibility index (Phi) is 3.91. The molecule has 1 aliphatic heterocycles. The second-order valence-corrected chi connectivity index (χ2v) is 8.01. The van der Waals surface area contributed by atoms with E-state index in [2.05, 4.69) is 9.97 Å². The van der Waals surface area contributed by atoms with E-state index in [1.807, 2.05) is 11.8 Å². The van der Waals surface area contributed by atoms with Gasteiger partial charge in [0, 0.05) is 29.9 Å². The number of nitrogens with zero attached hydrogens (tertiary/aromatic N) is 3. The van der Waals surface area contributed by atoms with Gasteiger partial charge in [0.05, 0.1) is 0 Å². The lowest BCUT2D eigenvalue weighted by molar-refractivity contribution is 0.583. The third kappa shape index (κ3) is 2.94. The molecule has 2 rings (SSSR count). The monoisotopic (exact) mass is 302 g/mol. The molecule has 19 heavy (non-hydrogen) atoms. The molecule has 2 N–H and O–H groups in total. The molecule has 1 atom stereocenters. The first kappa shape index (κ1) is 14.4. The molecule has 0 aliphatic carbocycles. The van der Waals surface area contributed by atoms with Gasteiger partial charge in [-0.25, -0.2) is 18.4 Å². The highest BCUT2D eigenvalue weighted by molar-refractivity contribution is 8.01. The summed E-state index contributed by atoms with van der Waals surface area (Å²) < 4.78 is 23.8. The van der Waals surface area contributed by atoms with Crippen LogP contribution in [0.5, 0.6) is 0 Å². The third-order valence-corrected chi connectivity index (χ3v) is 5.76. The molecular weight excluding hydrogens is 284 g/mol. The molecule has 1 fully saturated rings. The highest BCUT2D eigenvalue weighted by Gasteiger charge is 2.33.